The average molecular weight is 365 g/mol. The molecule has 4 nitrogen and oxygen atoms in total. The molecule has 0 saturated carbocycles. The van der Waals surface area contributed by atoms with E-state index in [4.69, 9.17) is 0 Å². The lowest BCUT2D eigenvalue weighted by Crippen LogP contribution is -2.68. The van der Waals surface area contributed by atoms with E-state index in [2.05, 4.69) is 68.1 Å². The minimum Gasteiger partial charge on any atom is -0.298 e. The summed E-state index contributed by atoms with van der Waals surface area (Å²) in [6, 6.07) is 1.52. The number of rotatable bonds is 3. The summed E-state index contributed by atoms with van der Waals surface area (Å²) in [5.41, 5.74) is 0.680. The SMILES string of the molecule is CC1CN(C2CN(C(C)(C)C)C2)CCN1CC1CCN(C(C)(C)C)CC1. The number of hydrogen-bond acceptors (Lipinski definition) is 4. The lowest BCUT2D eigenvalue weighted by molar-refractivity contribution is -0.0514. The zero-order valence-corrected chi connectivity index (χ0v) is 18.6. The highest BCUT2D eigenvalue weighted by molar-refractivity contribution is 4.96. The van der Waals surface area contributed by atoms with Crippen LogP contribution in [0.2, 0.25) is 0 Å². The first kappa shape index (κ1) is 20.6. The molecule has 3 heterocycles. The van der Waals surface area contributed by atoms with E-state index in [0.29, 0.717) is 17.1 Å². The van der Waals surface area contributed by atoms with Gasteiger partial charge in [0, 0.05) is 62.4 Å². The highest BCUT2D eigenvalue weighted by atomic mass is 15.4. The molecule has 3 aliphatic heterocycles. The van der Waals surface area contributed by atoms with E-state index < -0.39 is 0 Å². The summed E-state index contributed by atoms with van der Waals surface area (Å²) < 4.78 is 0. The first-order chi connectivity index (χ1) is 12.0. The fraction of sp³-hybridized carbons (Fsp3) is 1.00. The van der Waals surface area contributed by atoms with Crippen LogP contribution in [0.15, 0.2) is 0 Å². The Bertz CT molecular complexity index is 450. The highest BCUT2D eigenvalue weighted by Crippen LogP contribution is 2.28. The summed E-state index contributed by atoms with van der Waals surface area (Å²) in [6.07, 6.45) is 2.76. The van der Waals surface area contributed by atoms with E-state index in [1.807, 2.05) is 0 Å². The average Bonchev–Trinajstić information content (AvgIpc) is 2.46. The van der Waals surface area contributed by atoms with Crippen molar-refractivity contribution in [2.75, 3.05) is 52.4 Å². The first-order valence-electron chi connectivity index (χ1n) is 11.0. The third-order valence-corrected chi connectivity index (χ3v) is 7.18. The van der Waals surface area contributed by atoms with Crippen molar-refractivity contribution in [3.05, 3.63) is 0 Å². The Kier molecular flexibility index (Phi) is 6.09. The topological polar surface area (TPSA) is 13.0 Å². The molecule has 1 unspecified atom stereocenters. The zero-order chi connectivity index (χ0) is 19.1. The molecule has 0 aliphatic carbocycles. The van der Waals surface area contributed by atoms with E-state index in [1.54, 1.807) is 0 Å². The number of piperazine rings is 1. The predicted octanol–water partition coefficient (Wildman–Crippen LogP) is 2.99. The Balaban J connectivity index is 1.40. The molecule has 0 aromatic carbocycles. The molecule has 0 radical (unpaired) electrons. The van der Waals surface area contributed by atoms with Crippen LogP contribution in [-0.2, 0) is 0 Å². The Morgan fingerprint density at radius 3 is 1.81 bits per heavy atom. The molecule has 4 heteroatoms. The Morgan fingerprint density at radius 1 is 0.731 bits per heavy atom. The van der Waals surface area contributed by atoms with Crippen molar-refractivity contribution in [1.82, 2.24) is 19.6 Å². The van der Waals surface area contributed by atoms with Gasteiger partial charge in [-0.25, -0.2) is 0 Å². The van der Waals surface area contributed by atoms with Crippen molar-refractivity contribution in [3.8, 4) is 0 Å². The van der Waals surface area contributed by atoms with Gasteiger partial charge in [0.15, 0.2) is 0 Å². The van der Waals surface area contributed by atoms with Crippen LogP contribution in [0.1, 0.15) is 61.3 Å². The Hall–Kier alpha value is -0.160. The maximum Gasteiger partial charge on any atom is 0.0352 e. The summed E-state index contributed by atoms with van der Waals surface area (Å²) in [6.45, 7) is 26.8. The van der Waals surface area contributed by atoms with Gasteiger partial charge in [0.05, 0.1) is 0 Å². The smallest absolute Gasteiger partial charge is 0.0352 e. The third-order valence-electron chi connectivity index (χ3n) is 7.18. The molecule has 0 spiro atoms. The first-order valence-corrected chi connectivity index (χ1v) is 11.0. The molecule has 3 aliphatic rings. The standard InChI is InChI=1S/C22H44N4/c1-18-14-24(20-16-26(17-20)22(5,6)7)13-12-23(18)15-19-8-10-25(11-9-19)21(2,3)4/h18-20H,8-17H2,1-7H3. The van der Waals surface area contributed by atoms with Crippen LogP contribution in [0, 0.1) is 5.92 Å². The van der Waals surface area contributed by atoms with Crippen molar-refractivity contribution in [3.63, 3.8) is 0 Å². The molecular weight excluding hydrogens is 320 g/mol. The summed E-state index contributed by atoms with van der Waals surface area (Å²) in [4.78, 5) is 10.8. The highest BCUT2D eigenvalue weighted by Gasteiger charge is 2.40. The van der Waals surface area contributed by atoms with Crippen LogP contribution in [0.25, 0.3) is 0 Å². The molecule has 152 valence electrons. The fourth-order valence-corrected chi connectivity index (χ4v) is 4.98. The van der Waals surface area contributed by atoms with Crippen LogP contribution < -0.4 is 0 Å². The summed E-state index contributed by atoms with van der Waals surface area (Å²) in [5, 5.41) is 0. The van der Waals surface area contributed by atoms with E-state index in [-0.39, 0.29) is 0 Å². The summed E-state index contributed by atoms with van der Waals surface area (Å²) in [7, 11) is 0. The van der Waals surface area contributed by atoms with Crippen LogP contribution in [0.5, 0.6) is 0 Å². The van der Waals surface area contributed by atoms with E-state index in [0.717, 1.165) is 12.0 Å². The largest absolute Gasteiger partial charge is 0.298 e. The van der Waals surface area contributed by atoms with Gasteiger partial charge in [-0.1, -0.05) is 0 Å². The van der Waals surface area contributed by atoms with Crippen molar-refractivity contribution >= 4 is 0 Å². The second-order valence-corrected chi connectivity index (χ2v) is 11.2. The Labute approximate surface area is 162 Å². The molecule has 0 bridgehead atoms. The molecular formula is C22H44N4. The summed E-state index contributed by atoms with van der Waals surface area (Å²) >= 11 is 0. The minimum atomic E-state index is 0.339. The van der Waals surface area contributed by atoms with Crippen molar-refractivity contribution in [1.29, 1.82) is 0 Å². The molecule has 1 atom stereocenters. The summed E-state index contributed by atoms with van der Waals surface area (Å²) in [5.74, 6) is 0.905. The molecule has 0 N–H and O–H groups in total. The molecule has 26 heavy (non-hydrogen) atoms. The van der Waals surface area contributed by atoms with E-state index in [9.17, 15) is 0 Å². The minimum absolute atomic E-state index is 0.339. The quantitative estimate of drug-likeness (QED) is 0.763. The molecule has 0 aromatic heterocycles. The van der Waals surface area contributed by atoms with E-state index >= 15 is 0 Å². The third kappa shape index (κ3) is 4.81. The number of piperidine rings is 1. The van der Waals surface area contributed by atoms with Gasteiger partial charge >= 0.3 is 0 Å². The maximum absolute atomic E-state index is 2.79. The molecule has 3 rings (SSSR count). The Morgan fingerprint density at radius 2 is 1.31 bits per heavy atom. The fourth-order valence-electron chi connectivity index (χ4n) is 4.98. The van der Waals surface area contributed by atoms with Crippen LogP contribution in [0.3, 0.4) is 0 Å². The zero-order valence-electron chi connectivity index (χ0n) is 18.6. The van der Waals surface area contributed by atoms with Crippen LogP contribution >= 0.6 is 0 Å². The van der Waals surface area contributed by atoms with Gasteiger partial charge in [0.25, 0.3) is 0 Å². The van der Waals surface area contributed by atoms with Crippen molar-refractivity contribution in [2.45, 2.75) is 84.5 Å². The molecule has 0 aromatic rings. The molecule has 3 saturated heterocycles. The van der Waals surface area contributed by atoms with Gasteiger partial charge in [-0.2, -0.15) is 0 Å². The number of hydrogen-bond donors (Lipinski definition) is 0. The van der Waals surface area contributed by atoms with Gasteiger partial charge in [0.2, 0.25) is 0 Å². The normalized spacial score (nSPS) is 29.9. The van der Waals surface area contributed by atoms with Crippen LogP contribution in [0.4, 0.5) is 0 Å². The molecule has 3 fully saturated rings. The van der Waals surface area contributed by atoms with Gasteiger partial charge in [-0.05, 0) is 80.3 Å². The number of nitrogens with zero attached hydrogens (tertiary/aromatic N) is 4. The monoisotopic (exact) mass is 364 g/mol. The molecule has 0 amide bonds. The van der Waals surface area contributed by atoms with Gasteiger partial charge in [-0.3, -0.25) is 19.6 Å². The van der Waals surface area contributed by atoms with Crippen molar-refractivity contribution in [2.24, 2.45) is 5.92 Å². The van der Waals surface area contributed by atoms with Gasteiger partial charge < -0.3 is 0 Å². The maximum atomic E-state index is 2.79. The van der Waals surface area contributed by atoms with Crippen LogP contribution in [-0.4, -0.2) is 95.1 Å². The predicted molar refractivity (Wildman–Crippen MR) is 112 cm³/mol. The van der Waals surface area contributed by atoms with Gasteiger partial charge in [0.1, 0.15) is 0 Å². The second-order valence-electron chi connectivity index (χ2n) is 11.2. The van der Waals surface area contributed by atoms with E-state index in [1.165, 1.54) is 65.2 Å². The van der Waals surface area contributed by atoms with Crippen molar-refractivity contribution < 1.29 is 0 Å². The lowest BCUT2D eigenvalue weighted by Gasteiger charge is -2.54. The second kappa shape index (κ2) is 7.69. The van der Waals surface area contributed by atoms with Gasteiger partial charge in [-0.15, -0.1) is 0 Å². The number of likely N-dealkylation sites (tertiary alicyclic amines) is 2. The lowest BCUT2D eigenvalue weighted by atomic mass is 9.91.